The van der Waals surface area contributed by atoms with Crippen LogP contribution in [-0.2, 0) is 19.1 Å². The second-order valence-corrected chi connectivity index (χ2v) is 9.60. The predicted octanol–water partition coefficient (Wildman–Crippen LogP) is 1.87. The van der Waals surface area contributed by atoms with Crippen molar-refractivity contribution < 1.29 is 24.2 Å². The SMILES string of the molecule is CCCNC(=O)[C@@H]1[C@H]2C(=O)N(CCO)C(C(=O)Nc3c(C)cccc3Cl)C23CC[C@@]1(C)O3. The van der Waals surface area contributed by atoms with Crippen molar-refractivity contribution in [2.24, 2.45) is 11.8 Å². The van der Waals surface area contributed by atoms with Crippen LogP contribution in [0.25, 0.3) is 0 Å². The number of hydrogen-bond donors (Lipinski definition) is 3. The van der Waals surface area contributed by atoms with E-state index in [0.29, 0.717) is 30.1 Å². The fraction of sp³-hybridized carbons (Fsp3) is 0.609. The molecule has 3 N–H and O–H groups in total. The van der Waals surface area contributed by atoms with Crippen molar-refractivity contribution in [2.75, 3.05) is 25.0 Å². The van der Waals surface area contributed by atoms with E-state index < -0.39 is 35.0 Å². The molecule has 1 aromatic carbocycles. The van der Waals surface area contributed by atoms with Gasteiger partial charge in [-0.2, -0.15) is 0 Å². The lowest BCUT2D eigenvalue weighted by Gasteiger charge is -2.33. The Morgan fingerprint density at radius 3 is 2.72 bits per heavy atom. The molecule has 2 bridgehead atoms. The minimum Gasteiger partial charge on any atom is -0.395 e. The Morgan fingerprint density at radius 2 is 2.06 bits per heavy atom. The van der Waals surface area contributed by atoms with Crippen LogP contribution in [0.5, 0.6) is 0 Å². The van der Waals surface area contributed by atoms with Crippen LogP contribution in [0.2, 0.25) is 5.02 Å². The van der Waals surface area contributed by atoms with Crippen LogP contribution < -0.4 is 10.6 Å². The number of ether oxygens (including phenoxy) is 1. The van der Waals surface area contributed by atoms with Gasteiger partial charge in [0.25, 0.3) is 0 Å². The van der Waals surface area contributed by atoms with Gasteiger partial charge in [-0.25, -0.2) is 0 Å². The summed E-state index contributed by atoms with van der Waals surface area (Å²) < 4.78 is 6.47. The van der Waals surface area contributed by atoms with Crippen molar-refractivity contribution >= 4 is 35.0 Å². The molecule has 3 fully saturated rings. The van der Waals surface area contributed by atoms with Gasteiger partial charge in [0.15, 0.2) is 0 Å². The van der Waals surface area contributed by atoms with Crippen LogP contribution in [0.15, 0.2) is 18.2 Å². The Balaban J connectivity index is 1.72. The van der Waals surface area contributed by atoms with E-state index in [1.807, 2.05) is 26.8 Å². The van der Waals surface area contributed by atoms with E-state index in [0.717, 1.165) is 12.0 Å². The highest BCUT2D eigenvalue weighted by atomic mass is 35.5. The van der Waals surface area contributed by atoms with E-state index in [9.17, 15) is 19.5 Å². The Hall–Kier alpha value is -2.16. The molecule has 2 unspecified atom stereocenters. The van der Waals surface area contributed by atoms with E-state index in [4.69, 9.17) is 16.3 Å². The zero-order chi connectivity index (χ0) is 23.3. The molecule has 3 saturated heterocycles. The number of likely N-dealkylation sites (tertiary alicyclic amines) is 1. The van der Waals surface area contributed by atoms with Crippen molar-refractivity contribution in [1.29, 1.82) is 0 Å². The molecule has 1 aromatic rings. The lowest BCUT2D eigenvalue weighted by atomic mass is 9.66. The number of nitrogens with zero attached hydrogens (tertiary/aromatic N) is 1. The smallest absolute Gasteiger partial charge is 0.250 e. The van der Waals surface area contributed by atoms with Gasteiger partial charge in [-0.15, -0.1) is 0 Å². The van der Waals surface area contributed by atoms with Crippen molar-refractivity contribution in [3.05, 3.63) is 28.8 Å². The molecule has 32 heavy (non-hydrogen) atoms. The van der Waals surface area contributed by atoms with Crippen molar-refractivity contribution in [2.45, 2.75) is 57.3 Å². The highest BCUT2D eigenvalue weighted by Crippen LogP contribution is 2.63. The molecular formula is C23H30ClN3O5. The van der Waals surface area contributed by atoms with Crippen LogP contribution in [0.4, 0.5) is 5.69 Å². The number of aliphatic hydroxyl groups excluding tert-OH is 1. The molecule has 1 spiro atoms. The number of nitrogens with one attached hydrogen (secondary N) is 2. The molecule has 9 heteroatoms. The standard InChI is InChI=1S/C23H30ClN3O5/c1-4-10-25-19(29)15-16-21(31)27(11-12-28)18(23(16)9-8-22(15,3)32-23)20(30)26-17-13(2)6-5-7-14(17)24/h5-7,15-16,18,28H,4,8-12H2,1-3H3,(H,25,29)(H,26,30)/t15-,16-,18?,22+,23?/m0/s1. The molecule has 3 heterocycles. The van der Waals surface area contributed by atoms with Gasteiger partial charge in [-0.3, -0.25) is 14.4 Å². The first-order valence-electron chi connectivity index (χ1n) is 11.2. The third-order valence-corrected chi connectivity index (χ3v) is 7.48. The maximum Gasteiger partial charge on any atom is 0.250 e. The van der Waals surface area contributed by atoms with Crippen molar-refractivity contribution in [3.63, 3.8) is 0 Å². The van der Waals surface area contributed by atoms with Gasteiger partial charge in [0.2, 0.25) is 17.7 Å². The van der Waals surface area contributed by atoms with E-state index in [1.54, 1.807) is 12.1 Å². The summed E-state index contributed by atoms with van der Waals surface area (Å²) >= 11 is 6.31. The number of benzene rings is 1. The van der Waals surface area contributed by atoms with Crippen molar-refractivity contribution in [3.8, 4) is 0 Å². The lowest BCUT2D eigenvalue weighted by Crippen LogP contribution is -2.54. The first-order valence-corrected chi connectivity index (χ1v) is 11.5. The first kappa shape index (κ1) is 23.0. The summed E-state index contributed by atoms with van der Waals surface area (Å²) in [5.74, 6) is -2.43. The molecule has 5 atom stereocenters. The second-order valence-electron chi connectivity index (χ2n) is 9.19. The molecule has 174 valence electrons. The highest BCUT2D eigenvalue weighted by Gasteiger charge is 2.77. The van der Waals surface area contributed by atoms with Gasteiger partial charge in [0.05, 0.1) is 34.8 Å². The molecule has 3 amide bonds. The molecule has 3 aliphatic rings. The zero-order valence-electron chi connectivity index (χ0n) is 18.6. The van der Waals surface area contributed by atoms with E-state index in [2.05, 4.69) is 10.6 Å². The fourth-order valence-electron chi connectivity index (χ4n) is 5.82. The van der Waals surface area contributed by atoms with Crippen LogP contribution in [-0.4, -0.2) is 64.7 Å². The third-order valence-electron chi connectivity index (χ3n) is 7.17. The minimum atomic E-state index is -1.12. The van der Waals surface area contributed by atoms with E-state index in [-0.39, 0.29) is 25.0 Å². The Kier molecular flexibility index (Phi) is 5.98. The summed E-state index contributed by atoms with van der Waals surface area (Å²) in [6.07, 6.45) is 1.83. The number of fused-ring (bicyclic) bond motifs is 1. The maximum atomic E-state index is 13.6. The molecule has 8 nitrogen and oxygen atoms in total. The van der Waals surface area contributed by atoms with E-state index in [1.165, 1.54) is 4.90 Å². The lowest BCUT2D eigenvalue weighted by molar-refractivity contribution is -0.145. The molecular weight excluding hydrogens is 434 g/mol. The van der Waals surface area contributed by atoms with Gasteiger partial charge < -0.3 is 25.4 Å². The van der Waals surface area contributed by atoms with Gasteiger partial charge in [0, 0.05) is 13.1 Å². The zero-order valence-corrected chi connectivity index (χ0v) is 19.4. The maximum absolute atomic E-state index is 13.6. The molecule has 4 rings (SSSR count). The van der Waals surface area contributed by atoms with Crippen LogP contribution in [0.1, 0.15) is 38.7 Å². The molecule has 0 saturated carbocycles. The molecule has 0 aliphatic carbocycles. The average molecular weight is 464 g/mol. The highest BCUT2D eigenvalue weighted by molar-refractivity contribution is 6.34. The molecule has 0 radical (unpaired) electrons. The number of carbonyl (C=O) groups is 3. The van der Waals surface area contributed by atoms with Crippen LogP contribution in [0, 0.1) is 18.8 Å². The van der Waals surface area contributed by atoms with Gasteiger partial charge >= 0.3 is 0 Å². The summed E-state index contributed by atoms with van der Waals surface area (Å²) in [6, 6.07) is 4.35. The summed E-state index contributed by atoms with van der Waals surface area (Å²) in [7, 11) is 0. The van der Waals surface area contributed by atoms with Gasteiger partial charge in [-0.1, -0.05) is 30.7 Å². The number of amides is 3. The van der Waals surface area contributed by atoms with E-state index >= 15 is 0 Å². The minimum absolute atomic E-state index is 0.0138. The number of hydrogen-bond acceptors (Lipinski definition) is 5. The van der Waals surface area contributed by atoms with Gasteiger partial charge in [0.1, 0.15) is 11.6 Å². The number of carbonyl (C=O) groups excluding carboxylic acids is 3. The number of anilines is 1. The van der Waals surface area contributed by atoms with Crippen LogP contribution in [0.3, 0.4) is 0 Å². The fourth-order valence-corrected chi connectivity index (χ4v) is 6.08. The normalized spacial score (nSPS) is 32.8. The average Bonchev–Trinajstić information content (AvgIpc) is 3.30. The summed E-state index contributed by atoms with van der Waals surface area (Å²) in [5.41, 5.74) is -0.665. The number of β-amino-alcohol motifs (C(OH)–C–C–N with tert-alkyl or cyclic N) is 1. The number of aryl methyl sites for hydroxylation is 1. The second kappa shape index (κ2) is 8.32. The Morgan fingerprint density at radius 1 is 1.31 bits per heavy atom. The predicted molar refractivity (Wildman–Crippen MR) is 119 cm³/mol. The Labute approximate surface area is 192 Å². The molecule has 0 aromatic heterocycles. The number of rotatable bonds is 7. The summed E-state index contributed by atoms with van der Waals surface area (Å²) in [5, 5.41) is 15.8. The monoisotopic (exact) mass is 463 g/mol. The number of para-hydroxylation sites is 1. The quantitative estimate of drug-likeness (QED) is 0.572. The largest absolute Gasteiger partial charge is 0.395 e. The topological polar surface area (TPSA) is 108 Å². The van der Waals surface area contributed by atoms with Gasteiger partial charge in [-0.05, 0) is 44.7 Å². The Bertz CT molecular complexity index is 935. The number of aliphatic hydroxyl groups is 1. The first-order chi connectivity index (χ1) is 15.2. The van der Waals surface area contributed by atoms with Crippen LogP contribution >= 0.6 is 11.6 Å². The summed E-state index contributed by atoms with van der Waals surface area (Å²) in [4.78, 5) is 41.6. The molecule has 3 aliphatic heterocycles. The third kappa shape index (κ3) is 3.31. The summed E-state index contributed by atoms with van der Waals surface area (Å²) in [6.45, 7) is 5.85. The van der Waals surface area contributed by atoms with Crippen molar-refractivity contribution in [1.82, 2.24) is 10.2 Å². The number of halogens is 1.